The van der Waals surface area contributed by atoms with Gasteiger partial charge in [0.05, 0.1) is 51.5 Å². The van der Waals surface area contributed by atoms with E-state index in [0.29, 0.717) is 29.8 Å². The molecule has 3 aromatic rings. The summed E-state index contributed by atoms with van der Waals surface area (Å²) in [5.41, 5.74) is 2.41. The molecule has 2 heterocycles. The van der Waals surface area contributed by atoms with Crippen LogP contribution in [0.25, 0.3) is 11.3 Å². The van der Waals surface area contributed by atoms with Gasteiger partial charge in [0.1, 0.15) is 5.75 Å². The number of esters is 1. The lowest BCUT2D eigenvalue weighted by Gasteiger charge is -2.25. The van der Waals surface area contributed by atoms with Gasteiger partial charge < -0.3 is 18.9 Å². The van der Waals surface area contributed by atoms with Gasteiger partial charge in [-0.1, -0.05) is 41.9 Å². The second-order valence-corrected chi connectivity index (χ2v) is 9.21. The fourth-order valence-electron chi connectivity index (χ4n) is 3.58. The molecular formula is C26H29ClN2O5. The Morgan fingerprint density at radius 1 is 1.18 bits per heavy atom. The zero-order valence-corrected chi connectivity index (χ0v) is 20.4. The molecule has 1 aromatic heterocycles. The van der Waals surface area contributed by atoms with E-state index in [9.17, 15) is 4.79 Å². The van der Waals surface area contributed by atoms with Crippen LogP contribution in [0.3, 0.4) is 0 Å². The molecule has 0 N–H and O–H groups in total. The summed E-state index contributed by atoms with van der Waals surface area (Å²) < 4.78 is 23.8. The summed E-state index contributed by atoms with van der Waals surface area (Å²) in [5, 5.41) is 5.44. The topological polar surface area (TPSA) is 71.8 Å². The smallest absolute Gasteiger partial charge is 0.337 e. The molecule has 1 saturated heterocycles. The number of methoxy groups -OCH3 is 1. The maximum atomic E-state index is 12.0. The van der Waals surface area contributed by atoms with Crippen molar-refractivity contribution in [1.29, 1.82) is 0 Å². The summed E-state index contributed by atoms with van der Waals surface area (Å²) in [6.07, 6.45) is 0. The molecule has 0 saturated carbocycles. The highest BCUT2D eigenvalue weighted by Gasteiger charge is 2.30. The summed E-state index contributed by atoms with van der Waals surface area (Å²) in [4.78, 5) is 12.0. The van der Waals surface area contributed by atoms with Crippen molar-refractivity contribution in [3.05, 3.63) is 70.9 Å². The highest BCUT2D eigenvalue weighted by atomic mass is 35.5. The van der Waals surface area contributed by atoms with E-state index in [1.165, 1.54) is 7.11 Å². The number of ether oxygens (including phenoxy) is 4. The van der Waals surface area contributed by atoms with Crippen molar-refractivity contribution < 1.29 is 23.7 Å². The van der Waals surface area contributed by atoms with E-state index in [2.05, 4.69) is 0 Å². The molecule has 1 aliphatic rings. The summed E-state index contributed by atoms with van der Waals surface area (Å²) in [5.74, 6) is 0.792. The van der Waals surface area contributed by atoms with E-state index in [1.54, 1.807) is 13.8 Å². The Bertz CT molecular complexity index is 1140. The quantitative estimate of drug-likeness (QED) is 0.387. The molecular weight excluding hydrogens is 456 g/mol. The molecule has 0 unspecified atom stereocenters. The van der Waals surface area contributed by atoms with Gasteiger partial charge in [-0.3, -0.25) is 4.68 Å². The molecule has 0 bridgehead atoms. The summed E-state index contributed by atoms with van der Waals surface area (Å²) in [7, 11) is 1.34. The zero-order valence-electron chi connectivity index (χ0n) is 19.6. The van der Waals surface area contributed by atoms with E-state index < -0.39 is 11.6 Å². The monoisotopic (exact) mass is 484 g/mol. The second kappa shape index (κ2) is 10.6. The van der Waals surface area contributed by atoms with Crippen molar-refractivity contribution >= 4 is 17.6 Å². The Morgan fingerprint density at radius 2 is 1.97 bits per heavy atom. The lowest BCUT2D eigenvalue weighted by Crippen LogP contribution is -2.35. The number of hydrogen-bond donors (Lipinski definition) is 0. The lowest BCUT2D eigenvalue weighted by atomic mass is 10.1. The van der Waals surface area contributed by atoms with E-state index in [1.807, 2.05) is 59.3 Å². The van der Waals surface area contributed by atoms with Gasteiger partial charge in [-0.15, -0.1) is 0 Å². The van der Waals surface area contributed by atoms with Crippen LogP contribution in [0.4, 0.5) is 0 Å². The number of carbonyl (C=O) groups is 1. The fraction of sp³-hybridized carbons (Fsp3) is 0.385. The standard InChI is InChI=1S/C26H29ClN2O5/c1-26(2,25(30)31-3)34-17-21-12-24(29(28-21)13-20-7-4-5-10-23(20)27)19-8-6-9-22(11-19)33-16-18-14-32-15-18/h4-12,18H,13-17H2,1-3H3. The highest BCUT2D eigenvalue weighted by molar-refractivity contribution is 6.31. The third-order valence-corrected chi connectivity index (χ3v) is 6.06. The first-order valence-corrected chi connectivity index (χ1v) is 11.6. The van der Waals surface area contributed by atoms with Crippen LogP contribution in [0.2, 0.25) is 5.02 Å². The van der Waals surface area contributed by atoms with Crippen LogP contribution in [-0.2, 0) is 32.2 Å². The number of halogens is 1. The minimum absolute atomic E-state index is 0.155. The number of rotatable bonds is 10. The van der Waals surface area contributed by atoms with Crippen molar-refractivity contribution in [3.63, 3.8) is 0 Å². The second-order valence-electron chi connectivity index (χ2n) is 8.80. The Labute approximate surface area is 204 Å². The van der Waals surface area contributed by atoms with Crippen LogP contribution in [0.15, 0.2) is 54.6 Å². The third-order valence-electron chi connectivity index (χ3n) is 5.69. The Kier molecular flexibility index (Phi) is 7.56. The van der Waals surface area contributed by atoms with Crippen molar-refractivity contribution in [2.45, 2.75) is 32.6 Å². The Balaban J connectivity index is 1.60. The first-order valence-electron chi connectivity index (χ1n) is 11.2. The number of nitrogens with zero attached hydrogens (tertiary/aromatic N) is 2. The van der Waals surface area contributed by atoms with Crippen LogP contribution in [-0.4, -0.2) is 48.3 Å². The minimum atomic E-state index is -1.08. The van der Waals surface area contributed by atoms with Crippen LogP contribution in [0.1, 0.15) is 25.1 Å². The maximum Gasteiger partial charge on any atom is 0.337 e. The van der Waals surface area contributed by atoms with Crippen molar-refractivity contribution in [3.8, 4) is 17.0 Å². The molecule has 4 rings (SSSR count). The van der Waals surface area contributed by atoms with Crippen LogP contribution < -0.4 is 4.74 Å². The van der Waals surface area contributed by atoms with Gasteiger partial charge in [0.15, 0.2) is 5.60 Å². The Morgan fingerprint density at radius 3 is 2.68 bits per heavy atom. The van der Waals surface area contributed by atoms with E-state index in [-0.39, 0.29) is 6.61 Å². The van der Waals surface area contributed by atoms with E-state index >= 15 is 0 Å². The molecule has 0 atom stereocenters. The van der Waals surface area contributed by atoms with Gasteiger partial charge in [-0.2, -0.15) is 5.10 Å². The molecule has 1 fully saturated rings. The molecule has 34 heavy (non-hydrogen) atoms. The predicted molar refractivity (Wildman–Crippen MR) is 129 cm³/mol. The molecule has 7 nitrogen and oxygen atoms in total. The van der Waals surface area contributed by atoms with Gasteiger partial charge in [0, 0.05) is 16.5 Å². The van der Waals surface area contributed by atoms with Crippen LogP contribution >= 0.6 is 11.6 Å². The largest absolute Gasteiger partial charge is 0.493 e. The SMILES string of the molecule is COC(=O)C(C)(C)OCc1cc(-c2cccc(OCC3COC3)c2)n(Cc2ccccc2Cl)n1. The maximum absolute atomic E-state index is 12.0. The van der Waals surface area contributed by atoms with Crippen LogP contribution in [0, 0.1) is 5.92 Å². The van der Waals surface area contributed by atoms with E-state index in [0.717, 1.165) is 35.8 Å². The average Bonchev–Trinajstić information content (AvgIpc) is 3.21. The van der Waals surface area contributed by atoms with Crippen molar-refractivity contribution in [1.82, 2.24) is 9.78 Å². The molecule has 0 radical (unpaired) electrons. The van der Waals surface area contributed by atoms with Gasteiger partial charge in [-0.05, 0) is 43.7 Å². The molecule has 180 valence electrons. The molecule has 0 aliphatic carbocycles. The van der Waals surface area contributed by atoms with Crippen molar-refractivity contribution in [2.75, 3.05) is 26.9 Å². The van der Waals surface area contributed by atoms with Gasteiger partial charge >= 0.3 is 5.97 Å². The van der Waals surface area contributed by atoms with Gasteiger partial charge in [-0.25, -0.2) is 4.79 Å². The third kappa shape index (κ3) is 5.78. The molecule has 8 heteroatoms. The van der Waals surface area contributed by atoms with Gasteiger partial charge in [0.2, 0.25) is 0 Å². The molecule has 1 aliphatic heterocycles. The molecule has 0 amide bonds. The highest BCUT2D eigenvalue weighted by Crippen LogP contribution is 2.28. The first kappa shape index (κ1) is 24.3. The number of carbonyl (C=O) groups excluding carboxylic acids is 1. The predicted octanol–water partition coefficient (Wildman–Crippen LogP) is 4.75. The summed E-state index contributed by atoms with van der Waals surface area (Å²) in [6.45, 7) is 6.11. The number of benzene rings is 2. The van der Waals surface area contributed by atoms with Crippen LogP contribution in [0.5, 0.6) is 5.75 Å². The van der Waals surface area contributed by atoms with E-state index in [4.69, 9.17) is 35.6 Å². The summed E-state index contributed by atoms with van der Waals surface area (Å²) in [6, 6.07) is 17.6. The molecule has 2 aromatic carbocycles. The Hall–Kier alpha value is -2.87. The van der Waals surface area contributed by atoms with Crippen molar-refractivity contribution in [2.24, 2.45) is 5.92 Å². The lowest BCUT2D eigenvalue weighted by molar-refractivity contribution is -0.166. The summed E-state index contributed by atoms with van der Waals surface area (Å²) >= 11 is 6.42. The number of aromatic nitrogens is 2. The normalized spacial score (nSPS) is 14.0. The number of hydrogen-bond acceptors (Lipinski definition) is 6. The zero-order chi connectivity index (χ0) is 24.1. The molecule has 0 spiro atoms. The van der Waals surface area contributed by atoms with Gasteiger partial charge in [0.25, 0.3) is 0 Å². The minimum Gasteiger partial charge on any atom is -0.493 e. The average molecular weight is 485 g/mol. The fourth-order valence-corrected chi connectivity index (χ4v) is 3.78. The first-order chi connectivity index (χ1) is 16.4.